The molecule has 0 spiro atoms. The molecule has 2 aromatic carbocycles. The highest BCUT2D eigenvalue weighted by atomic mass is 79.9. The normalized spacial score (nSPS) is 10.3. The van der Waals surface area contributed by atoms with Crippen molar-refractivity contribution in [3.8, 4) is 5.75 Å². The third kappa shape index (κ3) is 3.52. The first-order chi connectivity index (χ1) is 9.47. The van der Waals surface area contributed by atoms with Gasteiger partial charge in [-0.1, -0.05) is 33.6 Å². The number of hydrogen-bond donors (Lipinski definition) is 1. The fourth-order valence-electron chi connectivity index (χ4n) is 1.67. The van der Waals surface area contributed by atoms with Crippen molar-refractivity contribution in [1.29, 1.82) is 0 Å². The van der Waals surface area contributed by atoms with Crippen LogP contribution in [0.2, 0.25) is 5.02 Å². The molecule has 20 heavy (non-hydrogen) atoms. The Kier molecular flexibility index (Phi) is 4.68. The van der Waals surface area contributed by atoms with Gasteiger partial charge in [0.25, 0.3) is 0 Å². The summed E-state index contributed by atoms with van der Waals surface area (Å²) in [7, 11) is 0. The second-order valence-electron chi connectivity index (χ2n) is 4.31. The van der Waals surface area contributed by atoms with Gasteiger partial charge in [-0.25, -0.2) is 4.79 Å². The third-order valence-corrected chi connectivity index (χ3v) is 4.07. The van der Waals surface area contributed by atoms with Crippen LogP contribution in [0.15, 0.2) is 40.9 Å². The van der Waals surface area contributed by atoms with Gasteiger partial charge in [0.15, 0.2) is 0 Å². The Hall–Kier alpha value is -1.52. The van der Waals surface area contributed by atoms with Crippen LogP contribution in [0.5, 0.6) is 5.75 Å². The minimum absolute atomic E-state index is 0.165. The van der Waals surface area contributed by atoms with E-state index in [2.05, 4.69) is 15.9 Å². The molecule has 0 atom stereocenters. The van der Waals surface area contributed by atoms with E-state index in [1.54, 1.807) is 6.07 Å². The zero-order chi connectivity index (χ0) is 14.7. The Labute approximate surface area is 130 Å². The van der Waals surface area contributed by atoms with Crippen LogP contribution in [-0.2, 0) is 6.61 Å². The Bertz CT molecular complexity index is 656. The molecule has 0 bridgehead atoms. The molecule has 2 rings (SSSR count). The van der Waals surface area contributed by atoms with Gasteiger partial charge in [0.05, 0.1) is 5.56 Å². The summed E-state index contributed by atoms with van der Waals surface area (Å²) in [4.78, 5) is 10.8. The molecule has 0 aliphatic rings. The van der Waals surface area contributed by atoms with Crippen molar-refractivity contribution in [2.75, 3.05) is 0 Å². The lowest BCUT2D eigenvalue weighted by molar-refractivity contribution is 0.0697. The maximum absolute atomic E-state index is 10.8. The number of benzene rings is 2. The second-order valence-corrected chi connectivity index (χ2v) is 5.57. The van der Waals surface area contributed by atoms with Crippen LogP contribution in [0.25, 0.3) is 0 Å². The van der Waals surface area contributed by atoms with Gasteiger partial charge in [-0.3, -0.25) is 0 Å². The highest BCUT2D eigenvalue weighted by Gasteiger charge is 2.08. The molecule has 3 nitrogen and oxygen atoms in total. The van der Waals surface area contributed by atoms with Crippen molar-refractivity contribution in [1.82, 2.24) is 0 Å². The Morgan fingerprint density at radius 1 is 1.30 bits per heavy atom. The van der Waals surface area contributed by atoms with Gasteiger partial charge in [0, 0.05) is 15.1 Å². The van der Waals surface area contributed by atoms with Crippen LogP contribution < -0.4 is 4.74 Å². The van der Waals surface area contributed by atoms with Gasteiger partial charge >= 0.3 is 5.97 Å². The largest absolute Gasteiger partial charge is 0.489 e. The topological polar surface area (TPSA) is 46.5 Å². The Morgan fingerprint density at radius 3 is 2.65 bits per heavy atom. The third-order valence-electron chi connectivity index (χ3n) is 2.82. The van der Waals surface area contributed by atoms with Crippen molar-refractivity contribution in [3.63, 3.8) is 0 Å². The predicted molar refractivity (Wildman–Crippen MR) is 81.6 cm³/mol. The number of carboxylic acids is 1. The molecule has 0 aliphatic carbocycles. The molecule has 0 saturated heterocycles. The zero-order valence-electron chi connectivity index (χ0n) is 10.7. The van der Waals surface area contributed by atoms with Crippen molar-refractivity contribution >= 4 is 33.5 Å². The van der Waals surface area contributed by atoms with Crippen LogP contribution in [0.3, 0.4) is 0 Å². The number of aryl methyl sites for hydroxylation is 1. The molecular formula is C15H12BrClO3. The van der Waals surface area contributed by atoms with Gasteiger partial charge in [-0.05, 0) is 42.8 Å². The summed E-state index contributed by atoms with van der Waals surface area (Å²) in [6.45, 7) is 2.27. The summed E-state index contributed by atoms with van der Waals surface area (Å²) < 4.78 is 6.68. The second kappa shape index (κ2) is 6.29. The van der Waals surface area contributed by atoms with Crippen LogP contribution in [0, 0.1) is 6.92 Å². The van der Waals surface area contributed by atoms with Crippen molar-refractivity contribution in [2.45, 2.75) is 13.5 Å². The molecule has 0 saturated carbocycles. The Balaban J connectivity index is 2.10. The number of carbonyl (C=O) groups is 1. The van der Waals surface area contributed by atoms with Crippen molar-refractivity contribution in [2.24, 2.45) is 0 Å². The fraction of sp³-hybridized carbons (Fsp3) is 0.133. The molecule has 1 N–H and O–H groups in total. The lowest BCUT2D eigenvalue weighted by Crippen LogP contribution is -2.00. The van der Waals surface area contributed by atoms with Crippen LogP contribution >= 0.6 is 27.5 Å². The van der Waals surface area contributed by atoms with E-state index in [1.165, 1.54) is 12.1 Å². The molecule has 104 valence electrons. The number of ether oxygens (including phenoxy) is 1. The minimum Gasteiger partial charge on any atom is -0.489 e. The molecule has 0 unspecified atom stereocenters. The van der Waals surface area contributed by atoms with Crippen molar-refractivity contribution in [3.05, 3.63) is 62.6 Å². The van der Waals surface area contributed by atoms with Crippen LogP contribution in [0.1, 0.15) is 21.5 Å². The van der Waals surface area contributed by atoms with E-state index < -0.39 is 5.97 Å². The van der Waals surface area contributed by atoms with E-state index >= 15 is 0 Å². The van der Waals surface area contributed by atoms with Gasteiger partial charge in [0.2, 0.25) is 0 Å². The summed E-state index contributed by atoms with van der Waals surface area (Å²) in [5.41, 5.74) is 1.99. The van der Waals surface area contributed by atoms with Gasteiger partial charge in [-0.2, -0.15) is 0 Å². The molecule has 0 aliphatic heterocycles. The number of aromatic carboxylic acids is 1. The standard InChI is InChI=1S/C15H12BrClO3/c1-9-6-12(4-5-13(9)16)20-8-11-3-2-10(15(18)19)7-14(11)17/h2-7H,8H2,1H3,(H,18,19). The van der Waals surface area contributed by atoms with Gasteiger partial charge < -0.3 is 9.84 Å². The smallest absolute Gasteiger partial charge is 0.335 e. The molecule has 0 heterocycles. The molecule has 0 amide bonds. The predicted octanol–water partition coefficient (Wildman–Crippen LogP) is 4.69. The van der Waals surface area contributed by atoms with E-state index in [0.29, 0.717) is 11.6 Å². The quantitative estimate of drug-likeness (QED) is 0.865. The summed E-state index contributed by atoms with van der Waals surface area (Å²) >= 11 is 9.47. The highest BCUT2D eigenvalue weighted by Crippen LogP contribution is 2.24. The average Bonchev–Trinajstić information content (AvgIpc) is 2.41. The van der Waals surface area contributed by atoms with E-state index in [0.717, 1.165) is 21.3 Å². The molecule has 0 fully saturated rings. The van der Waals surface area contributed by atoms with E-state index in [9.17, 15) is 4.79 Å². The maximum atomic E-state index is 10.8. The molecule has 2 aromatic rings. The first-order valence-electron chi connectivity index (χ1n) is 5.88. The first-order valence-corrected chi connectivity index (χ1v) is 7.05. The van der Waals surface area contributed by atoms with Gasteiger partial charge in [0.1, 0.15) is 12.4 Å². The average molecular weight is 356 g/mol. The summed E-state index contributed by atoms with van der Waals surface area (Å²) in [5.74, 6) is -0.257. The number of rotatable bonds is 4. The fourth-order valence-corrected chi connectivity index (χ4v) is 2.15. The van der Waals surface area contributed by atoms with E-state index in [1.807, 2.05) is 25.1 Å². The summed E-state index contributed by atoms with van der Waals surface area (Å²) in [6, 6.07) is 10.3. The Morgan fingerprint density at radius 2 is 2.05 bits per heavy atom. The highest BCUT2D eigenvalue weighted by molar-refractivity contribution is 9.10. The van der Waals surface area contributed by atoms with Crippen LogP contribution in [0.4, 0.5) is 0 Å². The lowest BCUT2D eigenvalue weighted by atomic mass is 10.1. The van der Waals surface area contributed by atoms with Crippen molar-refractivity contribution < 1.29 is 14.6 Å². The molecule has 0 radical (unpaired) electrons. The number of hydrogen-bond acceptors (Lipinski definition) is 2. The number of carboxylic acid groups (broad SMARTS) is 1. The van der Waals surface area contributed by atoms with E-state index in [-0.39, 0.29) is 5.56 Å². The minimum atomic E-state index is -0.997. The summed E-state index contributed by atoms with van der Waals surface area (Å²) in [5, 5.41) is 9.26. The summed E-state index contributed by atoms with van der Waals surface area (Å²) in [6.07, 6.45) is 0. The molecular weight excluding hydrogens is 344 g/mol. The monoisotopic (exact) mass is 354 g/mol. The SMILES string of the molecule is Cc1cc(OCc2ccc(C(=O)O)cc2Cl)ccc1Br. The molecule has 0 aromatic heterocycles. The number of halogens is 2. The molecule has 5 heteroatoms. The van der Waals surface area contributed by atoms with E-state index in [4.69, 9.17) is 21.4 Å². The first kappa shape index (κ1) is 14.9. The lowest BCUT2D eigenvalue weighted by Gasteiger charge is -2.09. The van der Waals surface area contributed by atoms with Crippen LogP contribution in [-0.4, -0.2) is 11.1 Å². The zero-order valence-corrected chi connectivity index (χ0v) is 13.0. The maximum Gasteiger partial charge on any atom is 0.335 e. The van der Waals surface area contributed by atoms with Gasteiger partial charge in [-0.15, -0.1) is 0 Å².